The number of aliphatic hydroxyl groups is 4. The second-order valence-corrected chi connectivity index (χ2v) is 14.5. The molecular weight excluding hydrogens is 653 g/mol. The molecule has 258 valence electrons. The smallest absolute Gasteiger partial charge is 0.233 e. The van der Waals surface area contributed by atoms with Gasteiger partial charge in [-0.2, -0.15) is 0 Å². The monoisotopic (exact) mass is 691 g/mol. The molecule has 2 aliphatic rings. The molecule has 2 fully saturated rings. The zero-order valence-electron chi connectivity index (χ0n) is 26.6. The summed E-state index contributed by atoms with van der Waals surface area (Å²) in [6.07, 6.45) is -7.47. The largest absolute Gasteiger partial charge is 0.388 e. The molecule has 8 unspecified atom stereocenters. The molecule has 0 aliphatic carbocycles. The molecule has 1 amide bonds. The lowest BCUT2D eigenvalue weighted by atomic mass is 9.78. The number of anilines is 1. The van der Waals surface area contributed by atoms with E-state index in [2.05, 4.69) is 0 Å². The minimum atomic E-state index is -3.96. The van der Waals surface area contributed by atoms with Gasteiger partial charge in [-0.1, -0.05) is 66.7 Å². The fourth-order valence-electron chi connectivity index (χ4n) is 6.57. The van der Waals surface area contributed by atoms with Crippen molar-refractivity contribution in [2.75, 3.05) is 17.8 Å². The average Bonchev–Trinajstić information content (AvgIpc) is 3.11. The molecule has 0 saturated carbocycles. The summed E-state index contributed by atoms with van der Waals surface area (Å²) in [5.41, 5.74) is 3.83. The van der Waals surface area contributed by atoms with Gasteiger partial charge in [0.2, 0.25) is 5.91 Å². The molecule has 2 heterocycles. The second-order valence-electron chi connectivity index (χ2n) is 12.4. The van der Waals surface area contributed by atoms with Crippen LogP contribution in [-0.4, -0.2) is 78.3 Å². The van der Waals surface area contributed by atoms with Crippen LogP contribution < -0.4 is 4.90 Å². The number of halogens is 1. The third-order valence-corrected chi connectivity index (χ3v) is 11.1. The van der Waals surface area contributed by atoms with Gasteiger partial charge in [-0.3, -0.25) is 4.79 Å². The first-order chi connectivity index (χ1) is 23.5. The topological polar surface area (TPSA) is 154 Å². The van der Waals surface area contributed by atoms with Gasteiger partial charge in [0.25, 0.3) is 0 Å². The molecule has 4 aromatic rings. The number of hydrogen-bond donors (Lipinski definition) is 4. The Morgan fingerprint density at radius 3 is 2.06 bits per heavy atom. The van der Waals surface area contributed by atoms with E-state index < -0.39 is 52.4 Å². The molecule has 12 heteroatoms. The van der Waals surface area contributed by atoms with Crippen LogP contribution in [0.15, 0.2) is 108 Å². The summed E-state index contributed by atoms with van der Waals surface area (Å²) in [6.45, 7) is 0. The molecule has 49 heavy (non-hydrogen) atoms. The number of para-hydroxylation sites is 1. The highest BCUT2D eigenvalue weighted by molar-refractivity contribution is 7.91. The molecule has 0 bridgehead atoms. The number of ether oxygens (including phenoxy) is 2. The maximum Gasteiger partial charge on any atom is 0.233 e. The number of aliphatic hydroxyl groups excluding tert-OH is 4. The Balaban J connectivity index is 1.17. The van der Waals surface area contributed by atoms with Crippen LogP contribution in [0.3, 0.4) is 0 Å². The molecule has 2 aliphatic heterocycles. The first kappa shape index (κ1) is 34.8. The molecule has 4 N–H and O–H groups in total. The Morgan fingerprint density at radius 1 is 0.837 bits per heavy atom. The summed E-state index contributed by atoms with van der Waals surface area (Å²) in [4.78, 5) is 15.2. The van der Waals surface area contributed by atoms with E-state index >= 15 is 0 Å². The number of sulfone groups is 1. The number of carbonyl (C=O) groups excluding carboxylic acids is 1. The van der Waals surface area contributed by atoms with Crippen molar-refractivity contribution in [1.29, 1.82) is 0 Å². The predicted molar refractivity (Wildman–Crippen MR) is 178 cm³/mol. The van der Waals surface area contributed by atoms with E-state index in [1.54, 1.807) is 29.2 Å². The van der Waals surface area contributed by atoms with E-state index in [0.29, 0.717) is 18.4 Å². The van der Waals surface area contributed by atoms with Gasteiger partial charge >= 0.3 is 0 Å². The van der Waals surface area contributed by atoms with Gasteiger partial charge in [0.15, 0.2) is 16.1 Å². The summed E-state index contributed by atoms with van der Waals surface area (Å²) in [6, 6.07) is 28.7. The fraction of sp³-hybridized carbons (Fsp3) is 0.324. The summed E-state index contributed by atoms with van der Waals surface area (Å²) in [7, 11) is -2.72. The number of rotatable bonds is 11. The molecular formula is C37H38FNO9S. The van der Waals surface area contributed by atoms with Gasteiger partial charge in [-0.25, -0.2) is 12.8 Å². The molecule has 0 radical (unpaired) electrons. The highest BCUT2D eigenvalue weighted by Crippen LogP contribution is 2.46. The lowest BCUT2D eigenvalue weighted by molar-refractivity contribution is -0.285. The number of nitrogens with zero attached hydrogens (tertiary/aromatic N) is 1. The molecule has 6 rings (SSSR count). The number of carbonyl (C=O) groups is 1. The molecule has 8 atom stereocenters. The number of β-lactam (4-membered cyclic amide) rings is 1. The third-order valence-electron chi connectivity index (χ3n) is 9.34. The molecule has 0 aromatic heterocycles. The van der Waals surface area contributed by atoms with Gasteiger partial charge in [0.1, 0.15) is 30.2 Å². The summed E-state index contributed by atoms with van der Waals surface area (Å²) in [5, 5.41) is 41.2. The normalized spacial score (nSPS) is 26.3. The standard InChI is InChI=1S/C37H38FNO9S/c1-47-37-35(43)34(42)33(41)31(48-37)21-49(45,46)28-17-13-23(14-18-28)22-7-9-25(10-8-22)32-29(36(44)39(32)27-5-3-2-4-6-27)19-20-30(40)24-11-15-26(38)16-12-24/h2-18,29-35,37,40-43H,19-21H2,1H3. The number of methoxy groups -OCH3 is 1. The molecule has 10 nitrogen and oxygen atoms in total. The summed E-state index contributed by atoms with van der Waals surface area (Å²) in [5.74, 6) is -1.44. The molecule has 0 spiro atoms. The van der Waals surface area contributed by atoms with Crippen molar-refractivity contribution in [1.82, 2.24) is 0 Å². The van der Waals surface area contributed by atoms with Crippen molar-refractivity contribution in [2.24, 2.45) is 5.92 Å². The Morgan fingerprint density at radius 2 is 1.45 bits per heavy atom. The Hall–Kier alpha value is -4.01. The maximum absolute atomic E-state index is 13.4. The first-order valence-corrected chi connectivity index (χ1v) is 17.6. The summed E-state index contributed by atoms with van der Waals surface area (Å²) >= 11 is 0. The van der Waals surface area contributed by atoms with E-state index in [9.17, 15) is 38.0 Å². The lowest BCUT2D eigenvalue weighted by Gasteiger charge is -2.48. The van der Waals surface area contributed by atoms with Gasteiger partial charge < -0.3 is 34.8 Å². The SMILES string of the molecule is COC1OC(CS(=O)(=O)c2ccc(-c3ccc(C4C(CCC(O)c5ccc(F)cc5)C(=O)N4c4ccccc4)cc3)cc2)C(O)C(O)C1O. The van der Waals surface area contributed by atoms with Crippen molar-refractivity contribution in [3.63, 3.8) is 0 Å². The summed E-state index contributed by atoms with van der Waals surface area (Å²) < 4.78 is 50.1. The van der Waals surface area contributed by atoms with E-state index in [-0.39, 0.29) is 28.6 Å². The minimum Gasteiger partial charge on any atom is -0.388 e. The maximum atomic E-state index is 13.4. The predicted octanol–water partition coefficient (Wildman–Crippen LogP) is 3.94. The molecule has 2 saturated heterocycles. The van der Waals surface area contributed by atoms with Gasteiger partial charge in [-0.05, 0) is 71.5 Å². The van der Waals surface area contributed by atoms with Gasteiger partial charge in [0.05, 0.1) is 28.7 Å². The average molecular weight is 692 g/mol. The van der Waals surface area contributed by atoms with E-state index in [4.69, 9.17) is 9.47 Å². The van der Waals surface area contributed by atoms with Crippen LogP contribution in [0.4, 0.5) is 10.1 Å². The van der Waals surface area contributed by atoms with Crippen molar-refractivity contribution in [3.8, 4) is 11.1 Å². The van der Waals surface area contributed by atoms with Gasteiger partial charge in [-0.15, -0.1) is 0 Å². The van der Waals surface area contributed by atoms with E-state index in [1.165, 1.54) is 31.4 Å². The first-order valence-electron chi connectivity index (χ1n) is 16.0. The van der Waals surface area contributed by atoms with Crippen LogP contribution in [0.2, 0.25) is 0 Å². The van der Waals surface area contributed by atoms with E-state index in [0.717, 1.165) is 22.4 Å². The quantitative estimate of drug-likeness (QED) is 0.171. The Bertz CT molecular complexity index is 1840. The van der Waals surface area contributed by atoms with Crippen molar-refractivity contribution >= 4 is 21.4 Å². The lowest BCUT2D eigenvalue weighted by Crippen LogP contribution is -2.59. The highest BCUT2D eigenvalue weighted by Gasteiger charge is 2.48. The molecule has 4 aromatic carbocycles. The zero-order valence-corrected chi connectivity index (χ0v) is 27.4. The van der Waals surface area contributed by atoms with E-state index in [1.807, 2.05) is 54.6 Å². The van der Waals surface area contributed by atoms with Crippen molar-refractivity contribution in [3.05, 3.63) is 120 Å². The van der Waals surface area contributed by atoms with Crippen LogP contribution in [0.1, 0.15) is 36.1 Å². The van der Waals surface area contributed by atoms with Crippen LogP contribution in [0.25, 0.3) is 11.1 Å². The fourth-order valence-corrected chi connectivity index (χ4v) is 8.02. The number of hydrogen-bond acceptors (Lipinski definition) is 9. The Kier molecular flexibility index (Phi) is 10.3. The van der Waals surface area contributed by atoms with Crippen molar-refractivity contribution in [2.45, 2.75) is 60.6 Å². The highest BCUT2D eigenvalue weighted by atomic mass is 32.2. The Labute approximate surface area is 283 Å². The number of benzene rings is 4. The number of amides is 1. The zero-order chi connectivity index (χ0) is 34.9. The van der Waals surface area contributed by atoms with Crippen LogP contribution in [0.5, 0.6) is 0 Å². The van der Waals surface area contributed by atoms with Crippen molar-refractivity contribution < 1.29 is 47.5 Å². The van der Waals surface area contributed by atoms with Crippen LogP contribution in [-0.2, 0) is 24.1 Å². The second kappa shape index (κ2) is 14.5. The third kappa shape index (κ3) is 7.17. The van der Waals surface area contributed by atoms with Crippen LogP contribution >= 0.6 is 0 Å². The van der Waals surface area contributed by atoms with Gasteiger partial charge in [0, 0.05) is 12.8 Å². The minimum absolute atomic E-state index is 0.00426. The van der Waals surface area contributed by atoms with Crippen LogP contribution in [0, 0.1) is 11.7 Å².